The number of aryl methyl sites for hydroxylation is 1. The van der Waals surface area contributed by atoms with Crippen molar-refractivity contribution in [1.29, 1.82) is 0 Å². The van der Waals surface area contributed by atoms with Crippen LogP contribution in [0, 0.1) is 12.8 Å². The Morgan fingerprint density at radius 3 is 2.55 bits per heavy atom. The maximum Gasteiger partial charge on any atom is 0.411 e. The van der Waals surface area contributed by atoms with E-state index in [1.54, 1.807) is 0 Å². The van der Waals surface area contributed by atoms with Gasteiger partial charge in [-0.1, -0.05) is 24.3 Å². The molecule has 0 spiro atoms. The van der Waals surface area contributed by atoms with Crippen molar-refractivity contribution in [3.63, 3.8) is 0 Å². The molecule has 0 aliphatic carbocycles. The van der Waals surface area contributed by atoms with Crippen LogP contribution in [0.1, 0.15) is 24.0 Å². The predicted molar refractivity (Wildman–Crippen MR) is 73.5 cm³/mol. The molecule has 1 aromatic carbocycles. The van der Waals surface area contributed by atoms with Crippen molar-refractivity contribution in [3.8, 4) is 0 Å². The quantitative estimate of drug-likeness (QED) is 0.744. The van der Waals surface area contributed by atoms with Crippen LogP contribution in [0.2, 0.25) is 0 Å². The molecule has 0 heterocycles. The monoisotopic (exact) mass is 289 g/mol. The molecule has 1 aromatic rings. The Kier molecular flexibility index (Phi) is 7.02. The molecule has 2 nitrogen and oxygen atoms in total. The van der Waals surface area contributed by atoms with Crippen LogP contribution in [0.4, 0.5) is 13.2 Å². The highest BCUT2D eigenvalue weighted by Gasteiger charge is 2.27. The van der Waals surface area contributed by atoms with E-state index in [-0.39, 0.29) is 12.5 Å². The van der Waals surface area contributed by atoms with Crippen LogP contribution >= 0.6 is 0 Å². The average Bonchev–Trinajstić information content (AvgIpc) is 2.38. The van der Waals surface area contributed by atoms with Crippen LogP contribution in [0.5, 0.6) is 0 Å². The van der Waals surface area contributed by atoms with Gasteiger partial charge in [0.15, 0.2) is 0 Å². The van der Waals surface area contributed by atoms with E-state index in [4.69, 9.17) is 5.73 Å². The van der Waals surface area contributed by atoms with Gasteiger partial charge in [0.1, 0.15) is 6.61 Å². The molecule has 2 N–H and O–H groups in total. The number of nitrogens with two attached hydrogens (primary N) is 1. The summed E-state index contributed by atoms with van der Waals surface area (Å²) in [4.78, 5) is 0. The Hall–Kier alpha value is -1.07. The second-order valence-electron chi connectivity index (χ2n) is 5.04. The Labute approximate surface area is 118 Å². The van der Waals surface area contributed by atoms with Crippen molar-refractivity contribution in [1.82, 2.24) is 0 Å². The first-order valence-corrected chi connectivity index (χ1v) is 6.81. The summed E-state index contributed by atoms with van der Waals surface area (Å²) in [6.07, 6.45) is -2.00. The van der Waals surface area contributed by atoms with E-state index in [9.17, 15) is 13.2 Å². The lowest BCUT2D eigenvalue weighted by Gasteiger charge is -2.16. The van der Waals surface area contributed by atoms with Gasteiger partial charge in [-0.15, -0.1) is 0 Å². The van der Waals surface area contributed by atoms with Crippen molar-refractivity contribution >= 4 is 0 Å². The maximum atomic E-state index is 11.9. The zero-order valence-electron chi connectivity index (χ0n) is 11.7. The highest BCUT2D eigenvalue weighted by Crippen LogP contribution is 2.18. The highest BCUT2D eigenvalue weighted by molar-refractivity contribution is 5.25. The molecule has 1 atom stereocenters. The summed E-state index contributed by atoms with van der Waals surface area (Å²) >= 11 is 0. The topological polar surface area (TPSA) is 35.2 Å². The van der Waals surface area contributed by atoms with Gasteiger partial charge in [0.25, 0.3) is 0 Å². The van der Waals surface area contributed by atoms with Crippen LogP contribution in [-0.4, -0.2) is 25.9 Å². The summed E-state index contributed by atoms with van der Waals surface area (Å²) in [6.45, 7) is 1.55. The number of hydrogen-bond acceptors (Lipinski definition) is 2. The van der Waals surface area contributed by atoms with Gasteiger partial charge in [0.2, 0.25) is 0 Å². The molecule has 5 heteroatoms. The molecule has 1 rings (SSSR count). The predicted octanol–water partition coefficient (Wildman–Crippen LogP) is 3.47. The molecule has 0 bridgehead atoms. The van der Waals surface area contributed by atoms with Crippen molar-refractivity contribution in [2.24, 2.45) is 11.7 Å². The molecule has 0 amide bonds. The fourth-order valence-electron chi connectivity index (χ4n) is 2.12. The SMILES string of the molecule is Cc1ccccc1CC(CN)CCCOCC(F)(F)F. The molecule has 0 fully saturated rings. The number of hydrogen-bond donors (Lipinski definition) is 1. The molecule has 114 valence electrons. The molecule has 0 radical (unpaired) electrons. The Bertz CT molecular complexity index is 393. The van der Waals surface area contributed by atoms with Gasteiger partial charge in [0, 0.05) is 6.61 Å². The standard InChI is InChI=1S/C15H22F3NO/c1-12-5-2-3-7-14(12)9-13(10-19)6-4-8-20-11-15(16,17)18/h2-3,5,7,13H,4,6,8-11,19H2,1H3. The van der Waals surface area contributed by atoms with Gasteiger partial charge in [0.05, 0.1) is 0 Å². The van der Waals surface area contributed by atoms with Crippen LogP contribution in [-0.2, 0) is 11.2 Å². The molecular formula is C15H22F3NO. The summed E-state index contributed by atoms with van der Waals surface area (Å²) in [5, 5.41) is 0. The zero-order valence-corrected chi connectivity index (χ0v) is 11.7. The first-order valence-electron chi connectivity index (χ1n) is 6.81. The second-order valence-corrected chi connectivity index (χ2v) is 5.04. The molecule has 20 heavy (non-hydrogen) atoms. The summed E-state index contributed by atoms with van der Waals surface area (Å²) in [5.74, 6) is 0.283. The molecule has 1 unspecified atom stereocenters. The molecule has 0 aliphatic rings. The molecular weight excluding hydrogens is 267 g/mol. The molecule has 0 saturated heterocycles. The number of benzene rings is 1. The van der Waals surface area contributed by atoms with Crippen LogP contribution in [0.15, 0.2) is 24.3 Å². The van der Waals surface area contributed by atoms with Crippen molar-refractivity contribution in [2.45, 2.75) is 32.4 Å². The Morgan fingerprint density at radius 1 is 1.25 bits per heavy atom. The van der Waals surface area contributed by atoms with Crippen molar-refractivity contribution < 1.29 is 17.9 Å². The highest BCUT2D eigenvalue weighted by atomic mass is 19.4. The first-order chi connectivity index (χ1) is 9.42. The second kappa shape index (κ2) is 8.27. The van der Waals surface area contributed by atoms with Crippen LogP contribution in [0.3, 0.4) is 0 Å². The van der Waals surface area contributed by atoms with E-state index >= 15 is 0 Å². The van der Waals surface area contributed by atoms with Gasteiger partial charge in [-0.2, -0.15) is 13.2 Å². The Morgan fingerprint density at radius 2 is 1.95 bits per heavy atom. The lowest BCUT2D eigenvalue weighted by molar-refractivity contribution is -0.174. The van der Waals surface area contributed by atoms with E-state index < -0.39 is 12.8 Å². The lowest BCUT2D eigenvalue weighted by atomic mass is 9.93. The maximum absolute atomic E-state index is 11.9. The fraction of sp³-hybridized carbons (Fsp3) is 0.600. The summed E-state index contributed by atoms with van der Waals surface area (Å²) < 4.78 is 40.3. The van der Waals surface area contributed by atoms with Gasteiger partial charge < -0.3 is 10.5 Å². The third-order valence-corrected chi connectivity index (χ3v) is 3.27. The van der Waals surface area contributed by atoms with E-state index in [2.05, 4.69) is 23.8 Å². The largest absolute Gasteiger partial charge is 0.411 e. The van der Waals surface area contributed by atoms with Crippen molar-refractivity contribution in [3.05, 3.63) is 35.4 Å². The van der Waals surface area contributed by atoms with Gasteiger partial charge in [-0.05, 0) is 49.8 Å². The van der Waals surface area contributed by atoms with E-state index in [1.807, 2.05) is 12.1 Å². The lowest BCUT2D eigenvalue weighted by Crippen LogP contribution is -2.20. The zero-order chi connectivity index (χ0) is 15.0. The first kappa shape index (κ1) is 17.0. The fourth-order valence-corrected chi connectivity index (χ4v) is 2.12. The third-order valence-electron chi connectivity index (χ3n) is 3.27. The van der Waals surface area contributed by atoms with E-state index in [1.165, 1.54) is 11.1 Å². The molecule has 0 aromatic heterocycles. The van der Waals surface area contributed by atoms with E-state index in [0.29, 0.717) is 13.0 Å². The molecule has 0 saturated carbocycles. The van der Waals surface area contributed by atoms with Crippen LogP contribution < -0.4 is 5.73 Å². The summed E-state index contributed by atoms with van der Waals surface area (Å²) in [7, 11) is 0. The normalized spacial score (nSPS) is 13.4. The van der Waals surface area contributed by atoms with Crippen molar-refractivity contribution in [2.75, 3.05) is 19.8 Å². The van der Waals surface area contributed by atoms with E-state index in [0.717, 1.165) is 12.8 Å². The minimum atomic E-state index is -4.24. The van der Waals surface area contributed by atoms with Crippen LogP contribution in [0.25, 0.3) is 0 Å². The minimum Gasteiger partial charge on any atom is -0.372 e. The van der Waals surface area contributed by atoms with Gasteiger partial charge in [-0.3, -0.25) is 0 Å². The number of alkyl halides is 3. The average molecular weight is 289 g/mol. The third kappa shape index (κ3) is 6.91. The van der Waals surface area contributed by atoms with Gasteiger partial charge >= 0.3 is 6.18 Å². The summed E-state index contributed by atoms with van der Waals surface area (Å²) in [6, 6.07) is 8.09. The Balaban J connectivity index is 2.28. The smallest absolute Gasteiger partial charge is 0.372 e. The molecule has 0 aliphatic heterocycles. The van der Waals surface area contributed by atoms with Gasteiger partial charge in [-0.25, -0.2) is 0 Å². The number of ether oxygens (including phenoxy) is 1. The minimum absolute atomic E-state index is 0.129. The number of rotatable bonds is 8. The summed E-state index contributed by atoms with van der Waals surface area (Å²) in [5.41, 5.74) is 8.20. The number of halogens is 3.